The minimum atomic E-state index is -0.105. The molecule has 0 bridgehead atoms. The predicted molar refractivity (Wildman–Crippen MR) is 72.1 cm³/mol. The second kappa shape index (κ2) is 7.50. The van der Waals surface area contributed by atoms with Gasteiger partial charge in [0.25, 0.3) is 0 Å². The van der Waals surface area contributed by atoms with Crippen LogP contribution in [0.3, 0.4) is 0 Å². The zero-order valence-corrected chi connectivity index (χ0v) is 11.1. The molecule has 98 valence electrons. The van der Waals surface area contributed by atoms with Crippen LogP contribution in [0.5, 0.6) is 0 Å². The Bertz CT molecular complexity index is 405. The van der Waals surface area contributed by atoms with Gasteiger partial charge in [0.05, 0.1) is 12.3 Å². The fourth-order valence-electron chi connectivity index (χ4n) is 1.53. The van der Waals surface area contributed by atoms with Crippen LogP contribution in [0.25, 0.3) is 0 Å². The molecule has 0 aliphatic rings. The summed E-state index contributed by atoms with van der Waals surface area (Å²) in [6, 6.07) is 3.80. The summed E-state index contributed by atoms with van der Waals surface area (Å²) in [5, 5.41) is 2.85. The Balaban J connectivity index is 2.51. The summed E-state index contributed by atoms with van der Waals surface area (Å²) in [5.41, 5.74) is 0. The molecule has 4 heteroatoms. The summed E-state index contributed by atoms with van der Waals surface area (Å²) >= 11 is 0. The average molecular weight is 248 g/mol. The van der Waals surface area contributed by atoms with Crippen LogP contribution in [0.4, 0.5) is 0 Å². The van der Waals surface area contributed by atoms with Crippen LogP contribution in [-0.4, -0.2) is 31.4 Å². The number of furan rings is 1. The Hall–Kier alpha value is -1.81. The van der Waals surface area contributed by atoms with Gasteiger partial charge in [0.1, 0.15) is 5.76 Å². The van der Waals surface area contributed by atoms with Gasteiger partial charge in [-0.1, -0.05) is 18.2 Å². The zero-order valence-electron chi connectivity index (χ0n) is 11.1. The molecule has 0 radical (unpaired) electrons. The van der Waals surface area contributed by atoms with Crippen LogP contribution < -0.4 is 5.32 Å². The first kappa shape index (κ1) is 14.3. The van der Waals surface area contributed by atoms with Crippen molar-refractivity contribution in [1.82, 2.24) is 10.2 Å². The van der Waals surface area contributed by atoms with Crippen molar-refractivity contribution in [2.75, 3.05) is 20.6 Å². The first-order valence-electron chi connectivity index (χ1n) is 5.92. The lowest BCUT2D eigenvalue weighted by atomic mass is 10.2. The van der Waals surface area contributed by atoms with Crippen molar-refractivity contribution in [2.45, 2.75) is 13.0 Å². The highest BCUT2D eigenvalue weighted by Crippen LogP contribution is 2.17. The number of nitrogens with one attached hydrogen (secondary N) is 1. The molecule has 0 aliphatic carbocycles. The van der Waals surface area contributed by atoms with Crippen molar-refractivity contribution >= 4 is 5.91 Å². The second-order valence-corrected chi connectivity index (χ2v) is 4.12. The van der Waals surface area contributed by atoms with Gasteiger partial charge in [-0.3, -0.25) is 9.69 Å². The number of allylic oxidation sites excluding steroid dienone is 3. The predicted octanol–water partition coefficient (Wildman–Crippen LogP) is 2.13. The number of likely N-dealkylation sites (N-methyl/N-ethyl adjacent to an activating group) is 1. The average Bonchev–Trinajstić information content (AvgIpc) is 2.83. The Kier molecular flexibility index (Phi) is 5.94. The van der Waals surface area contributed by atoms with Gasteiger partial charge in [0.2, 0.25) is 5.91 Å². The minimum absolute atomic E-state index is 0.0408. The molecule has 18 heavy (non-hydrogen) atoms. The molecule has 0 saturated carbocycles. The minimum Gasteiger partial charge on any atom is -0.468 e. The van der Waals surface area contributed by atoms with Crippen LogP contribution in [0.15, 0.2) is 47.1 Å². The van der Waals surface area contributed by atoms with Crippen molar-refractivity contribution in [3.05, 3.63) is 48.5 Å². The van der Waals surface area contributed by atoms with E-state index in [-0.39, 0.29) is 11.9 Å². The molecule has 1 aromatic heterocycles. The topological polar surface area (TPSA) is 45.5 Å². The van der Waals surface area contributed by atoms with E-state index in [1.807, 2.05) is 50.2 Å². The summed E-state index contributed by atoms with van der Waals surface area (Å²) in [5.74, 6) is 0.740. The van der Waals surface area contributed by atoms with Gasteiger partial charge in [-0.2, -0.15) is 0 Å². The first-order chi connectivity index (χ1) is 8.65. The third kappa shape index (κ3) is 4.59. The van der Waals surface area contributed by atoms with Crippen molar-refractivity contribution in [3.8, 4) is 0 Å². The van der Waals surface area contributed by atoms with Crippen LogP contribution in [-0.2, 0) is 4.79 Å². The quantitative estimate of drug-likeness (QED) is 0.619. The smallest absolute Gasteiger partial charge is 0.244 e. The Morgan fingerprint density at radius 3 is 2.83 bits per heavy atom. The molecule has 1 rings (SSSR count). The summed E-state index contributed by atoms with van der Waals surface area (Å²) in [6.45, 7) is 2.42. The molecular weight excluding hydrogens is 228 g/mol. The van der Waals surface area contributed by atoms with Crippen LogP contribution in [0.1, 0.15) is 18.7 Å². The molecule has 0 saturated heterocycles. The molecule has 1 aromatic rings. The molecule has 1 atom stereocenters. The maximum Gasteiger partial charge on any atom is 0.244 e. The van der Waals surface area contributed by atoms with Gasteiger partial charge in [0, 0.05) is 12.6 Å². The van der Waals surface area contributed by atoms with E-state index < -0.39 is 0 Å². The largest absolute Gasteiger partial charge is 0.468 e. The number of carbonyl (C=O) groups excluding carboxylic acids is 1. The monoisotopic (exact) mass is 248 g/mol. The third-order valence-electron chi connectivity index (χ3n) is 2.52. The highest BCUT2D eigenvalue weighted by atomic mass is 16.3. The van der Waals surface area contributed by atoms with E-state index in [4.69, 9.17) is 4.42 Å². The summed E-state index contributed by atoms with van der Waals surface area (Å²) in [7, 11) is 3.91. The molecule has 0 spiro atoms. The molecule has 0 aliphatic heterocycles. The van der Waals surface area contributed by atoms with Gasteiger partial charge < -0.3 is 9.73 Å². The molecule has 1 N–H and O–H groups in total. The molecule has 0 fully saturated rings. The van der Waals surface area contributed by atoms with Gasteiger partial charge >= 0.3 is 0 Å². The van der Waals surface area contributed by atoms with Gasteiger partial charge in [0.15, 0.2) is 0 Å². The number of amides is 1. The third-order valence-corrected chi connectivity index (χ3v) is 2.52. The normalized spacial score (nSPS) is 13.6. The van der Waals surface area contributed by atoms with E-state index in [0.717, 1.165) is 5.76 Å². The van der Waals surface area contributed by atoms with Crippen molar-refractivity contribution in [3.63, 3.8) is 0 Å². The fourth-order valence-corrected chi connectivity index (χ4v) is 1.53. The number of rotatable bonds is 6. The molecule has 1 unspecified atom stereocenters. The van der Waals surface area contributed by atoms with E-state index in [2.05, 4.69) is 5.32 Å². The highest BCUT2D eigenvalue weighted by molar-refractivity contribution is 5.87. The number of hydrogen-bond acceptors (Lipinski definition) is 3. The van der Waals surface area contributed by atoms with Crippen molar-refractivity contribution in [2.24, 2.45) is 0 Å². The van der Waals surface area contributed by atoms with Gasteiger partial charge in [-0.25, -0.2) is 0 Å². The Morgan fingerprint density at radius 1 is 1.50 bits per heavy atom. The molecular formula is C14H20N2O2. The lowest BCUT2D eigenvalue weighted by Crippen LogP contribution is -2.33. The Labute approximate surface area is 108 Å². The maximum absolute atomic E-state index is 11.5. The molecule has 1 amide bonds. The lowest BCUT2D eigenvalue weighted by molar-refractivity contribution is -0.116. The number of hydrogen-bond donors (Lipinski definition) is 1. The SMILES string of the molecule is CC=CC=CC(=O)NCC(c1ccco1)N(C)C. The zero-order chi connectivity index (χ0) is 13.4. The second-order valence-electron chi connectivity index (χ2n) is 4.12. The Morgan fingerprint density at radius 2 is 2.28 bits per heavy atom. The first-order valence-corrected chi connectivity index (χ1v) is 5.92. The lowest BCUT2D eigenvalue weighted by Gasteiger charge is -2.22. The molecule has 4 nitrogen and oxygen atoms in total. The number of carbonyl (C=O) groups is 1. The van der Waals surface area contributed by atoms with E-state index in [0.29, 0.717) is 6.54 Å². The van der Waals surface area contributed by atoms with Crippen LogP contribution in [0.2, 0.25) is 0 Å². The summed E-state index contributed by atoms with van der Waals surface area (Å²) in [4.78, 5) is 13.5. The van der Waals surface area contributed by atoms with E-state index in [9.17, 15) is 4.79 Å². The van der Waals surface area contributed by atoms with Crippen molar-refractivity contribution in [1.29, 1.82) is 0 Å². The van der Waals surface area contributed by atoms with Crippen LogP contribution >= 0.6 is 0 Å². The molecule has 1 heterocycles. The molecule has 0 aromatic carbocycles. The van der Waals surface area contributed by atoms with Gasteiger partial charge in [-0.15, -0.1) is 0 Å². The highest BCUT2D eigenvalue weighted by Gasteiger charge is 2.16. The van der Waals surface area contributed by atoms with Gasteiger partial charge in [-0.05, 0) is 33.2 Å². The standard InChI is InChI=1S/C14H20N2O2/c1-4-5-6-9-14(17)15-11-12(16(2)3)13-8-7-10-18-13/h4-10,12H,11H2,1-3H3,(H,15,17). The number of nitrogens with zero attached hydrogens (tertiary/aromatic N) is 1. The van der Waals surface area contributed by atoms with Crippen molar-refractivity contribution < 1.29 is 9.21 Å². The van der Waals surface area contributed by atoms with E-state index >= 15 is 0 Å². The summed E-state index contributed by atoms with van der Waals surface area (Å²) < 4.78 is 5.37. The van der Waals surface area contributed by atoms with E-state index in [1.165, 1.54) is 6.08 Å². The summed E-state index contributed by atoms with van der Waals surface area (Å²) in [6.07, 6.45) is 8.55. The maximum atomic E-state index is 11.5. The van der Waals surface area contributed by atoms with E-state index in [1.54, 1.807) is 12.3 Å². The fraction of sp³-hybridized carbons (Fsp3) is 0.357. The van der Waals surface area contributed by atoms with Crippen LogP contribution in [0, 0.1) is 0 Å².